The third-order valence-corrected chi connectivity index (χ3v) is 3.75. The lowest BCUT2D eigenvalue weighted by Crippen LogP contribution is -2.53. The molecule has 1 aromatic rings. The van der Waals surface area contributed by atoms with Gasteiger partial charge in [-0.1, -0.05) is 44.2 Å². The molecule has 0 fully saturated rings. The fraction of sp³-hybridized carbons (Fsp3) is 0.474. The third kappa shape index (κ3) is 8.84. The van der Waals surface area contributed by atoms with Gasteiger partial charge in [0.25, 0.3) is 0 Å². The maximum absolute atomic E-state index is 12.6. The summed E-state index contributed by atoms with van der Waals surface area (Å²) in [7, 11) is 0. The zero-order valence-electron chi connectivity index (χ0n) is 15.8. The first-order valence-corrected chi connectivity index (χ1v) is 8.80. The number of carbonyl (C=O) groups excluding carboxylic acids is 3. The summed E-state index contributed by atoms with van der Waals surface area (Å²) in [4.78, 5) is 47.0. The number of benzene rings is 1. The van der Waals surface area contributed by atoms with Crippen molar-refractivity contribution >= 4 is 23.7 Å². The van der Waals surface area contributed by atoms with Gasteiger partial charge in [-0.25, -0.2) is 4.79 Å². The summed E-state index contributed by atoms with van der Waals surface area (Å²) < 4.78 is 0. The maximum atomic E-state index is 12.6. The van der Waals surface area contributed by atoms with Gasteiger partial charge < -0.3 is 21.1 Å². The van der Waals surface area contributed by atoms with Crippen LogP contribution in [0.1, 0.15) is 32.8 Å². The average molecular weight is 377 g/mol. The smallest absolute Gasteiger partial charge is 0.326 e. The van der Waals surface area contributed by atoms with Crippen molar-refractivity contribution in [3.63, 3.8) is 0 Å². The van der Waals surface area contributed by atoms with Crippen LogP contribution in [-0.2, 0) is 25.6 Å². The van der Waals surface area contributed by atoms with Crippen molar-refractivity contribution in [3.05, 3.63) is 35.9 Å². The summed E-state index contributed by atoms with van der Waals surface area (Å²) in [5.74, 6) is -2.49. The van der Waals surface area contributed by atoms with Gasteiger partial charge in [0.2, 0.25) is 17.7 Å². The molecule has 0 aliphatic carbocycles. The van der Waals surface area contributed by atoms with Gasteiger partial charge in [0, 0.05) is 13.3 Å². The van der Waals surface area contributed by atoms with Gasteiger partial charge in [-0.05, 0) is 17.9 Å². The van der Waals surface area contributed by atoms with Crippen LogP contribution >= 0.6 is 0 Å². The van der Waals surface area contributed by atoms with E-state index in [1.807, 2.05) is 19.9 Å². The summed E-state index contributed by atoms with van der Waals surface area (Å²) in [5.41, 5.74) is 0.778. The Labute approximate surface area is 158 Å². The molecule has 0 heterocycles. The van der Waals surface area contributed by atoms with Crippen LogP contribution in [0.15, 0.2) is 30.3 Å². The Balaban J connectivity index is 2.78. The number of hydrogen-bond acceptors (Lipinski definition) is 4. The Bertz CT molecular complexity index is 661. The lowest BCUT2D eigenvalue weighted by molar-refractivity contribution is -0.142. The van der Waals surface area contributed by atoms with E-state index in [-0.39, 0.29) is 24.8 Å². The second-order valence-corrected chi connectivity index (χ2v) is 6.75. The second-order valence-electron chi connectivity index (χ2n) is 6.75. The predicted octanol–water partition coefficient (Wildman–Crippen LogP) is 0.466. The molecule has 8 nitrogen and oxygen atoms in total. The van der Waals surface area contributed by atoms with Gasteiger partial charge in [0.1, 0.15) is 12.1 Å². The van der Waals surface area contributed by atoms with Gasteiger partial charge >= 0.3 is 5.97 Å². The Kier molecular flexibility index (Phi) is 8.98. The summed E-state index contributed by atoms with van der Waals surface area (Å²) in [6, 6.07) is 6.97. The van der Waals surface area contributed by atoms with Crippen LogP contribution in [0.2, 0.25) is 0 Å². The molecule has 0 unspecified atom stereocenters. The van der Waals surface area contributed by atoms with Crippen molar-refractivity contribution in [1.29, 1.82) is 0 Å². The fourth-order valence-electron chi connectivity index (χ4n) is 2.48. The fourth-order valence-corrected chi connectivity index (χ4v) is 2.48. The molecule has 0 bridgehead atoms. The van der Waals surface area contributed by atoms with Gasteiger partial charge in [0.05, 0.1) is 6.54 Å². The molecule has 148 valence electrons. The van der Waals surface area contributed by atoms with Crippen molar-refractivity contribution < 1.29 is 24.3 Å². The molecule has 0 spiro atoms. The number of aliphatic carboxylic acids is 1. The molecule has 0 saturated carbocycles. The molecule has 2 atom stereocenters. The molecule has 1 rings (SSSR count). The number of hydrogen-bond donors (Lipinski definition) is 4. The highest BCUT2D eigenvalue weighted by Crippen LogP contribution is 2.08. The number of amides is 3. The predicted molar refractivity (Wildman–Crippen MR) is 99.8 cm³/mol. The topological polar surface area (TPSA) is 125 Å². The lowest BCUT2D eigenvalue weighted by Gasteiger charge is -2.23. The Morgan fingerprint density at radius 1 is 1.00 bits per heavy atom. The first kappa shape index (κ1) is 22.1. The standard InChI is InChI=1S/C19H27N3O5/c1-12(2)9-15(21-17(24)11-20-13(3)23)18(25)22-16(19(26)27)10-14-7-5-4-6-8-14/h4-8,12,15-16H,9-11H2,1-3H3,(H,20,23)(H,21,24)(H,22,25)(H,26,27)/t15-,16-/m0/s1. The van der Waals surface area contributed by atoms with Crippen LogP contribution in [0.5, 0.6) is 0 Å². The van der Waals surface area contributed by atoms with Crippen LogP contribution in [0.25, 0.3) is 0 Å². The van der Waals surface area contributed by atoms with Crippen molar-refractivity contribution in [3.8, 4) is 0 Å². The summed E-state index contributed by atoms with van der Waals surface area (Å²) in [6.07, 6.45) is 0.478. The minimum atomic E-state index is -1.15. The van der Waals surface area contributed by atoms with Crippen LogP contribution in [0.4, 0.5) is 0 Å². The Morgan fingerprint density at radius 2 is 1.63 bits per heavy atom. The minimum absolute atomic E-state index is 0.0965. The van der Waals surface area contributed by atoms with E-state index in [2.05, 4.69) is 16.0 Å². The van der Waals surface area contributed by atoms with E-state index in [9.17, 15) is 24.3 Å². The molecule has 8 heteroatoms. The molecule has 3 amide bonds. The van der Waals surface area contributed by atoms with Gasteiger partial charge in [-0.2, -0.15) is 0 Å². The monoisotopic (exact) mass is 377 g/mol. The molecule has 4 N–H and O–H groups in total. The Hall–Kier alpha value is -2.90. The zero-order chi connectivity index (χ0) is 20.4. The van der Waals surface area contributed by atoms with E-state index >= 15 is 0 Å². The van der Waals surface area contributed by atoms with E-state index in [1.54, 1.807) is 24.3 Å². The minimum Gasteiger partial charge on any atom is -0.480 e. The zero-order valence-corrected chi connectivity index (χ0v) is 15.8. The van der Waals surface area contributed by atoms with Gasteiger partial charge in [-0.15, -0.1) is 0 Å². The molecular weight excluding hydrogens is 350 g/mol. The average Bonchev–Trinajstić information content (AvgIpc) is 2.59. The van der Waals surface area contributed by atoms with Gasteiger partial charge in [0.15, 0.2) is 0 Å². The summed E-state index contributed by atoms with van der Waals surface area (Å²) >= 11 is 0. The van der Waals surface area contributed by atoms with Crippen LogP contribution in [-0.4, -0.2) is 47.4 Å². The molecule has 0 aliphatic heterocycles. The van der Waals surface area contributed by atoms with Crippen molar-refractivity contribution in [2.45, 2.75) is 45.7 Å². The van der Waals surface area contributed by atoms with E-state index in [1.165, 1.54) is 6.92 Å². The van der Waals surface area contributed by atoms with Crippen LogP contribution in [0, 0.1) is 5.92 Å². The highest BCUT2D eigenvalue weighted by Gasteiger charge is 2.27. The number of rotatable bonds is 10. The van der Waals surface area contributed by atoms with Crippen molar-refractivity contribution in [2.24, 2.45) is 5.92 Å². The van der Waals surface area contributed by atoms with Crippen LogP contribution in [0.3, 0.4) is 0 Å². The molecule has 27 heavy (non-hydrogen) atoms. The highest BCUT2D eigenvalue weighted by molar-refractivity contribution is 5.91. The first-order chi connectivity index (χ1) is 12.7. The molecule has 0 aromatic heterocycles. The lowest BCUT2D eigenvalue weighted by atomic mass is 10.0. The molecule has 0 aliphatic rings. The molecule has 0 radical (unpaired) electrons. The Morgan fingerprint density at radius 3 is 2.15 bits per heavy atom. The SMILES string of the molecule is CC(=O)NCC(=O)N[C@@H](CC(C)C)C(=O)N[C@@H](Cc1ccccc1)C(=O)O. The number of nitrogens with one attached hydrogen (secondary N) is 3. The van der Waals surface area contributed by atoms with E-state index in [0.717, 1.165) is 5.56 Å². The van der Waals surface area contributed by atoms with Crippen molar-refractivity contribution in [1.82, 2.24) is 16.0 Å². The number of carboxylic acids is 1. The second kappa shape index (κ2) is 10.9. The number of carbonyl (C=O) groups is 4. The van der Waals surface area contributed by atoms with E-state index in [0.29, 0.717) is 6.42 Å². The molecule has 1 aromatic carbocycles. The van der Waals surface area contributed by atoms with Crippen molar-refractivity contribution in [2.75, 3.05) is 6.54 Å². The largest absolute Gasteiger partial charge is 0.480 e. The van der Waals surface area contributed by atoms with Crippen LogP contribution < -0.4 is 16.0 Å². The van der Waals surface area contributed by atoms with E-state index in [4.69, 9.17) is 0 Å². The first-order valence-electron chi connectivity index (χ1n) is 8.80. The van der Waals surface area contributed by atoms with Gasteiger partial charge in [-0.3, -0.25) is 14.4 Å². The normalized spacial score (nSPS) is 12.7. The quantitative estimate of drug-likeness (QED) is 0.472. The third-order valence-electron chi connectivity index (χ3n) is 3.75. The highest BCUT2D eigenvalue weighted by atomic mass is 16.4. The van der Waals surface area contributed by atoms with E-state index < -0.39 is 29.9 Å². The molecular formula is C19H27N3O5. The molecule has 0 saturated heterocycles. The summed E-state index contributed by atoms with van der Waals surface area (Å²) in [5, 5.41) is 16.8. The maximum Gasteiger partial charge on any atom is 0.326 e. The summed E-state index contributed by atoms with van der Waals surface area (Å²) in [6.45, 7) is 4.81. The number of carboxylic acid groups (broad SMARTS) is 1.